The van der Waals surface area contributed by atoms with Crippen molar-refractivity contribution in [3.63, 3.8) is 0 Å². The van der Waals surface area contributed by atoms with Gasteiger partial charge in [-0.25, -0.2) is 27.6 Å². The summed E-state index contributed by atoms with van der Waals surface area (Å²) in [6.07, 6.45) is 2.52. The zero-order valence-electron chi connectivity index (χ0n) is 13.0. The summed E-state index contributed by atoms with van der Waals surface area (Å²) in [7, 11) is -3.68. The first-order chi connectivity index (χ1) is 11.9. The maximum absolute atomic E-state index is 13.0. The van der Waals surface area contributed by atoms with E-state index >= 15 is 0 Å². The van der Waals surface area contributed by atoms with Crippen LogP contribution < -0.4 is 4.90 Å². The van der Waals surface area contributed by atoms with E-state index in [1.807, 2.05) is 4.90 Å². The van der Waals surface area contributed by atoms with Crippen molar-refractivity contribution >= 4 is 21.8 Å². The molecule has 0 atom stereocenters. The Morgan fingerprint density at radius 2 is 1.68 bits per heavy atom. The summed E-state index contributed by atoms with van der Waals surface area (Å²) in [6, 6.07) is 4.71. The second-order valence-corrected chi connectivity index (χ2v) is 7.35. The largest absolute Gasteiger partial charge is 0.476 e. The second kappa shape index (κ2) is 6.73. The molecule has 0 saturated carbocycles. The van der Waals surface area contributed by atoms with Gasteiger partial charge in [0, 0.05) is 26.2 Å². The fourth-order valence-electron chi connectivity index (χ4n) is 2.51. The van der Waals surface area contributed by atoms with Crippen LogP contribution in [0.5, 0.6) is 0 Å². The van der Waals surface area contributed by atoms with Crippen LogP contribution in [0.15, 0.2) is 41.6 Å². The summed E-state index contributed by atoms with van der Waals surface area (Å²) in [5, 5.41) is 8.82. The molecule has 0 unspecified atom stereocenters. The predicted molar refractivity (Wildman–Crippen MR) is 86.4 cm³/mol. The quantitative estimate of drug-likeness (QED) is 0.854. The molecule has 0 radical (unpaired) electrons. The molecule has 1 aromatic heterocycles. The minimum absolute atomic E-state index is 0.0490. The van der Waals surface area contributed by atoms with E-state index in [0.29, 0.717) is 18.9 Å². The predicted octanol–water partition coefficient (Wildman–Crippen LogP) is 0.825. The highest BCUT2D eigenvalue weighted by atomic mass is 32.2. The van der Waals surface area contributed by atoms with Crippen molar-refractivity contribution in [2.45, 2.75) is 4.90 Å². The summed E-state index contributed by atoms with van der Waals surface area (Å²) in [5.41, 5.74) is -0.152. The fourth-order valence-corrected chi connectivity index (χ4v) is 3.93. The third kappa shape index (κ3) is 3.59. The molecule has 3 rings (SSSR count). The monoisotopic (exact) mass is 366 g/mol. The van der Waals surface area contributed by atoms with Crippen LogP contribution in [0.2, 0.25) is 0 Å². The number of anilines is 1. The molecule has 2 aromatic rings. The number of nitrogens with zero attached hydrogens (tertiary/aromatic N) is 4. The van der Waals surface area contributed by atoms with Gasteiger partial charge in [0.25, 0.3) is 0 Å². The topological polar surface area (TPSA) is 104 Å². The first-order valence-corrected chi connectivity index (χ1v) is 8.88. The van der Waals surface area contributed by atoms with Crippen LogP contribution in [0.4, 0.5) is 10.2 Å². The minimum Gasteiger partial charge on any atom is -0.476 e. The molecule has 1 N–H and O–H groups in total. The minimum atomic E-state index is -3.68. The van der Waals surface area contributed by atoms with Crippen molar-refractivity contribution in [2.24, 2.45) is 0 Å². The fraction of sp³-hybridized carbons (Fsp3) is 0.267. The number of hydrogen-bond acceptors (Lipinski definition) is 6. The number of aromatic carboxylic acids is 1. The van der Waals surface area contributed by atoms with Crippen molar-refractivity contribution in [3.05, 3.63) is 48.2 Å². The Bertz CT molecular complexity index is 863. The number of aromatic nitrogens is 2. The van der Waals surface area contributed by atoms with E-state index in [-0.39, 0.29) is 23.7 Å². The van der Waals surface area contributed by atoms with Crippen molar-refractivity contribution in [1.29, 1.82) is 0 Å². The number of carboxylic acid groups (broad SMARTS) is 1. The average Bonchev–Trinajstić information content (AvgIpc) is 2.62. The van der Waals surface area contributed by atoms with Gasteiger partial charge in [0.15, 0.2) is 5.69 Å². The summed E-state index contributed by atoms with van der Waals surface area (Å²) in [5.74, 6) is -1.16. The highest BCUT2D eigenvalue weighted by molar-refractivity contribution is 7.89. The van der Waals surface area contributed by atoms with Crippen LogP contribution in [-0.4, -0.2) is 59.9 Å². The Morgan fingerprint density at radius 3 is 2.20 bits per heavy atom. The van der Waals surface area contributed by atoms with Gasteiger partial charge >= 0.3 is 5.97 Å². The molecular formula is C15H15FN4O4S. The molecule has 0 spiro atoms. The number of halogens is 1. The normalized spacial score (nSPS) is 16.0. The smallest absolute Gasteiger partial charge is 0.356 e. The molecule has 132 valence electrons. The maximum atomic E-state index is 13.0. The summed E-state index contributed by atoms with van der Waals surface area (Å²) in [4.78, 5) is 20.5. The molecule has 8 nitrogen and oxygen atoms in total. The van der Waals surface area contributed by atoms with Crippen molar-refractivity contribution in [1.82, 2.24) is 14.3 Å². The van der Waals surface area contributed by atoms with Crippen molar-refractivity contribution < 1.29 is 22.7 Å². The molecule has 10 heteroatoms. The van der Waals surface area contributed by atoms with Crippen LogP contribution in [0.3, 0.4) is 0 Å². The van der Waals surface area contributed by atoms with Crippen LogP contribution in [0.25, 0.3) is 0 Å². The Morgan fingerprint density at radius 1 is 1.04 bits per heavy atom. The highest BCUT2D eigenvalue weighted by Crippen LogP contribution is 2.20. The number of piperazine rings is 1. The van der Waals surface area contributed by atoms with E-state index in [2.05, 4.69) is 9.97 Å². The zero-order chi connectivity index (χ0) is 18.0. The van der Waals surface area contributed by atoms with Crippen molar-refractivity contribution in [2.75, 3.05) is 31.1 Å². The number of rotatable bonds is 4. The standard InChI is InChI=1S/C15H15FN4O4S/c16-11-1-3-12(4-2-11)25(23,24)20-7-5-19(6-8-20)14-10-17-13(9-18-14)15(21)22/h1-4,9-10H,5-8H2,(H,21,22). The number of hydrogen-bond donors (Lipinski definition) is 1. The van der Waals surface area contributed by atoms with Crippen LogP contribution >= 0.6 is 0 Å². The number of benzene rings is 1. The molecule has 0 aliphatic carbocycles. The van der Waals surface area contributed by atoms with Gasteiger partial charge in [-0.05, 0) is 24.3 Å². The van der Waals surface area contributed by atoms with Gasteiger partial charge in [-0.2, -0.15) is 4.31 Å². The van der Waals surface area contributed by atoms with E-state index in [0.717, 1.165) is 12.1 Å². The molecule has 1 fully saturated rings. The first-order valence-electron chi connectivity index (χ1n) is 7.44. The first kappa shape index (κ1) is 17.2. The molecule has 1 aromatic carbocycles. The van der Waals surface area contributed by atoms with Gasteiger partial charge in [0.05, 0.1) is 17.3 Å². The molecule has 0 amide bonds. The van der Waals surface area contributed by atoms with Gasteiger partial charge < -0.3 is 10.0 Å². The maximum Gasteiger partial charge on any atom is 0.356 e. The van der Waals surface area contributed by atoms with Gasteiger partial charge in [-0.3, -0.25) is 0 Å². The van der Waals surface area contributed by atoms with Crippen LogP contribution in [0.1, 0.15) is 10.5 Å². The lowest BCUT2D eigenvalue weighted by atomic mass is 10.3. The number of carbonyl (C=O) groups is 1. The van der Waals surface area contributed by atoms with Crippen molar-refractivity contribution in [3.8, 4) is 0 Å². The van der Waals surface area contributed by atoms with Crippen LogP contribution in [0, 0.1) is 5.82 Å². The number of sulfonamides is 1. The van der Waals surface area contributed by atoms with Crippen LogP contribution in [-0.2, 0) is 10.0 Å². The lowest BCUT2D eigenvalue weighted by molar-refractivity contribution is 0.0690. The molecular weight excluding hydrogens is 351 g/mol. The van der Waals surface area contributed by atoms with Gasteiger partial charge in [-0.1, -0.05) is 0 Å². The summed E-state index contributed by atoms with van der Waals surface area (Å²) < 4.78 is 39.4. The third-order valence-electron chi connectivity index (χ3n) is 3.87. The highest BCUT2D eigenvalue weighted by Gasteiger charge is 2.29. The molecule has 1 saturated heterocycles. The second-order valence-electron chi connectivity index (χ2n) is 5.41. The average molecular weight is 366 g/mol. The zero-order valence-corrected chi connectivity index (χ0v) is 13.9. The lowest BCUT2D eigenvalue weighted by Crippen LogP contribution is -2.49. The molecule has 1 aliphatic rings. The number of carboxylic acids is 1. The third-order valence-corrected chi connectivity index (χ3v) is 5.78. The van der Waals surface area contributed by atoms with E-state index in [9.17, 15) is 17.6 Å². The summed E-state index contributed by atoms with van der Waals surface area (Å²) >= 11 is 0. The Labute approximate surface area is 143 Å². The van der Waals surface area contributed by atoms with Gasteiger partial charge in [-0.15, -0.1) is 0 Å². The Kier molecular flexibility index (Phi) is 4.64. The Hall–Kier alpha value is -2.59. The molecule has 2 heterocycles. The van der Waals surface area contributed by atoms with E-state index in [1.165, 1.54) is 28.8 Å². The molecule has 0 bridgehead atoms. The van der Waals surface area contributed by atoms with E-state index in [1.54, 1.807) is 0 Å². The van der Waals surface area contributed by atoms with Gasteiger partial charge in [0.2, 0.25) is 10.0 Å². The Balaban J connectivity index is 1.69. The van der Waals surface area contributed by atoms with E-state index in [4.69, 9.17) is 5.11 Å². The molecule has 25 heavy (non-hydrogen) atoms. The summed E-state index contributed by atoms with van der Waals surface area (Å²) in [6.45, 7) is 1.26. The SMILES string of the molecule is O=C(O)c1cnc(N2CCN(S(=O)(=O)c3ccc(F)cc3)CC2)cn1. The van der Waals surface area contributed by atoms with Gasteiger partial charge in [0.1, 0.15) is 11.6 Å². The van der Waals surface area contributed by atoms with E-state index < -0.39 is 21.8 Å². The molecule has 1 aliphatic heterocycles. The lowest BCUT2D eigenvalue weighted by Gasteiger charge is -2.34.